The molecule has 0 aromatic rings. The van der Waals surface area contributed by atoms with Crippen molar-refractivity contribution in [2.75, 3.05) is 20.1 Å². The summed E-state index contributed by atoms with van der Waals surface area (Å²) >= 11 is 0. The third kappa shape index (κ3) is 2.27. The first kappa shape index (κ1) is 13.8. The first-order valence-electron chi connectivity index (χ1n) is 6.61. The van der Waals surface area contributed by atoms with Gasteiger partial charge in [0.15, 0.2) is 5.25 Å². The van der Waals surface area contributed by atoms with Crippen LogP contribution >= 0.6 is 0 Å². The molecule has 0 amide bonds. The Hall–Kier alpha value is -0.640. The third-order valence-electron chi connectivity index (χ3n) is 4.35. The van der Waals surface area contributed by atoms with Crippen LogP contribution in [0.2, 0.25) is 0 Å². The van der Waals surface area contributed by atoms with Gasteiger partial charge in [0.05, 0.1) is 6.07 Å². The maximum Gasteiger partial charge on any atom is 0.230 e. The first-order valence-corrected chi connectivity index (χ1v) is 8.11. The van der Waals surface area contributed by atoms with Gasteiger partial charge in [0.25, 0.3) is 0 Å². The van der Waals surface area contributed by atoms with Gasteiger partial charge >= 0.3 is 0 Å². The van der Waals surface area contributed by atoms with Gasteiger partial charge in [0.1, 0.15) is 0 Å². The van der Waals surface area contributed by atoms with Crippen LogP contribution in [0.3, 0.4) is 0 Å². The van der Waals surface area contributed by atoms with E-state index in [-0.39, 0.29) is 0 Å². The molecule has 0 aromatic carbocycles. The summed E-state index contributed by atoms with van der Waals surface area (Å²) in [6.45, 7) is 2.86. The predicted molar refractivity (Wildman–Crippen MR) is 69.4 cm³/mol. The minimum absolute atomic E-state index is 0.323. The minimum Gasteiger partial charge on any atom is -0.299 e. The summed E-state index contributed by atoms with van der Waals surface area (Å²) in [6.07, 6.45) is 3.48. The molecule has 0 aromatic heterocycles. The molecule has 0 radical (unpaired) electrons. The molecule has 0 spiro atoms. The highest BCUT2D eigenvalue weighted by Crippen LogP contribution is 2.30. The van der Waals surface area contributed by atoms with E-state index in [0.717, 1.165) is 12.8 Å². The van der Waals surface area contributed by atoms with Crippen molar-refractivity contribution in [1.29, 1.82) is 5.26 Å². The van der Waals surface area contributed by atoms with Crippen LogP contribution in [0.5, 0.6) is 0 Å². The Morgan fingerprint density at radius 3 is 2.61 bits per heavy atom. The summed E-state index contributed by atoms with van der Waals surface area (Å²) in [4.78, 5) is 2.31. The number of rotatable bonds is 3. The Balaban J connectivity index is 2.18. The lowest BCUT2D eigenvalue weighted by atomic mass is 10.1. The van der Waals surface area contributed by atoms with Crippen molar-refractivity contribution in [2.24, 2.45) is 0 Å². The molecule has 2 saturated heterocycles. The Morgan fingerprint density at radius 1 is 1.33 bits per heavy atom. The molecular weight excluding hydrogens is 250 g/mol. The van der Waals surface area contributed by atoms with E-state index in [0.29, 0.717) is 31.6 Å². The number of hydrogen-bond donors (Lipinski definition) is 0. The summed E-state index contributed by atoms with van der Waals surface area (Å²) < 4.78 is 26.3. The summed E-state index contributed by atoms with van der Waals surface area (Å²) in [5.74, 6) is 0. The monoisotopic (exact) mass is 271 g/mol. The van der Waals surface area contributed by atoms with Gasteiger partial charge < -0.3 is 0 Å². The van der Waals surface area contributed by atoms with E-state index in [9.17, 15) is 8.42 Å². The third-order valence-corrected chi connectivity index (χ3v) is 6.55. The van der Waals surface area contributed by atoms with Crippen molar-refractivity contribution >= 4 is 10.0 Å². The number of nitrogens with zero attached hydrogens (tertiary/aromatic N) is 3. The van der Waals surface area contributed by atoms with Crippen LogP contribution in [0.1, 0.15) is 32.6 Å². The van der Waals surface area contributed by atoms with E-state index < -0.39 is 15.3 Å². The smallest absolute Gasteiger partial charge is 0.230 e. The molecule has 3 atom stereocenters. The van der Waals surface area contributed by atoms with Gasteiger partial charge in [-0.3, -0.25) is 4.90 Å². The molecule has 2 bridgehead atoms. The molecular formula is C12H21N3O2S. The molecule has 6 heteroatoms. The Kier molecular flexibility index (Phi) is 3.95. The van der Waals surface area contributed by atoms with Crippen LogP contribution in [-0.2, 0) is 10.0 Å². The van der Waals surface area contributed by atoms with E-state index in [1.807, 2.05) is 6.07 Å². The summed E-state index contributed by atoms with van der Waals surface area (Å²) in [5, 5.41) is 8.09. The minimum atomic E-state index is -3.45. The number of hydrogen-bond acceptors (Lipinski definition) is 4. The van der Waals surface area contributed by atoms with Gasteiger partial charge in [-0.05, 0) is 32.7 Å². The molecule has 102 valence electrons. The maximum absolute atomic E-state index is 12.4. The van der Waals surface area contributed by atoms with Gasteiger partial charge in [-0.1, -0.05) is 6.92 Å². The van der Waals surface area contributed by atoms with Crippen molar-refractivity contribution in [3.05, 3.63) is 0 Å². The fraction of sp³-hybridized carbons (Fsp3) is 0.917. The second kappa shape index (κ2) is 5.16. The highest BCUT2D eigenvalue weighted by atomic mass is 32.2. The lowest BCUT2D eigenvalue weighted by Crippen LogP contribution is -2.43. The molecule has 3 unspecified atom stereocenters. The number of nitriles is 1. The van der Waals surface area contributed by atoms with Crippen molar-refractivity contribution in [1.82, 2.24) is 9.21 Å². The van der Waals surface area contributed by atoms with Crippen molar-refractivity contribution in [3.8, 4) is 6.07 Å². The average molecular weight is 271 g/mol. The number of likely N-dealkylation sites (N-methyl/N-ethyl adjacent to an activating group) is 1. The zero-order valence-electron chi connectivity index (χ0n) is 11.0. The van der Waals surface area contributed by atoms with Crippen molar-refractivity contribution in [3.63, 3.8) is 0 Å². The van der Waals surface area contributed by atoms with Gasteiger partial charge in [-0.15, -0.1) is 0 Å². The normalized spacial score (nSPS) is 31.8. The highest BCUT2D eigenvalue weighted by Gasteiger charge is 2.40. The number of sulfonamides is 1. The predicted octanol–water partition coefficient (Wildman–Crippen LogP) is 0.787. The fourth-order valence-corrected chi connectivity index (χ4v) is 4.71. The largest absolute Gasteiger partial charge is 0.299 e. The number of fused-ring (bicyclic) bond motifs is 2. The van der Waals surface area contributed by atoms with E-state index in [2.05, 4.69) is 11.9 Å². The lowest BCUT2D eigenvalue weighted by molar-refractivity contribution is 0.246. The van der Waals surface area contributed by atoms with Gasteiger partial charge in [-0.25, -0.2) is 8.42 Å². The molecule has 2 fully saturated rings. The molecule has 0 aliphatic carbocycles. The molecule has 0 saturated carbocycles. The zero-order valence-corrected chi connectivity index (χ0v) is 11.9. The van der Waals surface area contributed by atoms with Crippen LogP contribution < -0.4 is 0 Å². The Morgan fingerprint density at radius 2 is 2.00 bits per heavy atom. The van der Waals surface area contributed by atoms with Crippen LogP contribution in [0.25, 0.3) is 0 Å². The fourth-order valence-electron chi connectivity index (χ4n) is 3.06. The molecule has 18 heavy (non-hydrogen) atoms. The zero-order chi connectivity index (χ0) is 13.3. The quantitative estimate of drug-likeness (QED) is 0.761. The Labute approximate surface area is 109 Å². The van der Waals surface area contributed by atoms with E-state index in [1.54, 1.807) is 11.2 Å². The molecule has 5 nitrogen and oxygen atoms in total. The van der Waals surface area contributed by atoms with Gasteiger partial charge in [0.2, 0.25) is 10.0 Å². The van der Waals surface area contributed by atoms with Crippen LogP contribution in [0.15, 0.2) is 0 Å². The van der Waals surface area contributed by atoms with E-state index >= 15 is 0 Å². The molecule has 2 rings (SSSR count). The van der Waals surface area contributed by atoms with Crippen LogP contribution in [0.4, 0.5) is 0 Å². The molecule has 2 aliphatic heterocycles. The van der Waals surface area contributed by atoms with Gasteiger partial charge in [-0.2, -0.15) is 9.57 Å². The Bertz CT molecular complexity index is 443. The summed E-state index contributed by atoms with van der Waals surface area (Å²) in [5.41, 5.74) is 0. The topological polar surface area (TPSA) is 64.4 Å². The van der Waals surface area contributed by atoms with Crippen LogP contribution in [-0.4, -0.2) is 55.1 Å². The highest BCUT2D eigenvalue weighted by molar-refractivity contribution is 7.90. The van der Waals surface area contributed by atoms with Gasteiger partial charge in [0, 0.05) is 25.2 Å². The molecule has 2 heterocycles. The first-order chi connectivity index (χ1) is 8.50. The lowest BCUT2D eigenvalue weighted by Gasteiger charge is -2.26. The standard InChI is InChI=1S/C12H21N3O2S/c1-3-12(8-13)18(16,17)15-7-6-10-4-5-11(9-15)14(10)2/h10-12H,3-7,9H2,1-2H3. The maximum atomic E-state index is 12.4. The van der Waals surface area contributed by atoms with E-state index in [1.165, 1.54) is 6.42 Å². The van der Waals surface area contributed by atoms with Crippen molar-refractivity contribution in [2.45, 2.75) is 49.9 Å². The summed E-state index contributed by atoms with van der Waals surface area (Å²) in [7, 11) is -1.36. The van der Waals surface area contributed by atoms with Crippen molar-refractivity contribution < 1.29 is 8.42 Å². The summed E-state index contributed by atoms with van der Waals surface area (Å²) in [6, 6.07) is 2.76. The SMILES string of the molecule is CCC(C#N)S(=O)(=O)N1CCC2CCC(C1)N2C. The second-order valence-corrected chi connectivity index (χ2v) is 7.38. The van der Waals surface area contributed by atoms with Crippen LogP contribution in [0, 0.1) is 11.3 Å². The second-order valence-electron chi connectivity index (χ2n) is 5.27. The van der Waals surface area contributed by atoms with E-state index in [4.69, 9.17) is 5.26 Å². The average Bonchev–Trinajstić information content (AvgIpc) is 2.53. The molecule has 2 aliphatic rings. The molecule has 0 N–H and O–H groups in total.